The molecule has 2 aliphatic heterocycles. The molecule has 2 aromatic carbocycles. The fourth-order valence-electron chi connectivity index (χ4n) is 3.93. The molecule has 0 aromatic heterocycles. The summed E-state index contributed by atoms with van der Waals surface area (Å²) in [6.07, 6.45) is 2.83. The molecule has 5 nitrogen and oxygen atoms in total. The quantitative estimate of drug-likeness (QED) is 0.770. The maximum absolute atomic E-state index is 13.9. The smallest absolute Gasteiger partial charge is 0.254 e. The molecule has 0 spiro atoms. The van der Waals surface area contributed by atoms with Crippen LogP contribution in [0.3, 0.4) is 0 Å². The van der Waals surface area contributed by atoms with Gasteiger partial charge >= 0.3 is 0 Å². The predicted molar refractivity (Wildman–Crippen MR) is 112 cm³/mol. The van der Waals surface area contributed by atoms with Gasteiger partial charge in [0.25, 0.3) is 5.91 Å². The van der Waals surface area contributed by atoms with Gasteiger partial charge in [0.1, 0.15) is 0 Å². The second-order valence-corrected chi connectivity index (χ2v) is 8.72. The Morgan fingerprint density at radius 2 is 1.86 bits per heavy atom. The highest BCUT2D eigenvalue weighted by atomic mass is 32.2. The first-order chi connectivity index (χ1) is 14.1. The molecule has 2 saturated heterocycles. The number of hydrogen-bond donors (Lipinski definition) is 1. The van der Waals surface area contributed by atoms with Crippen molar-refractivity contribution in [1.29, 1.82) is 0 Å². The molecule has 2 aliphatic rings. The third-order valence-corrected chi connectivity index (χ3v) is 6.80. The van der Waals surface area contributed by atoms with Crippen LogP contribution in [0.2, 0.25) is 0 Å². The Balaban J connectivity index is 1.48. The van der Waals surface area contributed by atoms with Crippen molar-refractivity contribution in [3.8, 4) is 5.75 Å². The topological polar surface area (TPSA) is 60.9 Å². The SMILES string of the molecule is O=Cc1cc(C(=O)N2CCS[C@H](c3ccc(N4CCCC4)cc3)C2)cc(F)c1O. The van der Waals surface area contributed by atoms with Crippen molar-refractivity contribution in [3.05, 3.63) is 58.9 Å². The van der Waals surface area contributed by atoms with Gasteiger partial charge in [0.15, 0.2) is 17.9 Å². The third-order valence-electron chi connectivity index (χ3n) is 5.56. The summed E-state index contributed by atoms with van der Waals surface area (Å²) in [5.74, 6) is -1.23. The molecule has 4 rings (SSSR count). The van der Waals surface area contributed by atoms with Gasteiger partial charge < -0.3 is 14.9 Å². The van der Waals surface area contributed by atoms with Crippen LogP contribution in [0.1, 0.15) is 44.4 Å². The van der Waals surface area contributed by atoms with Crippen LogP contribution in [0.15, 0.2) is 36.4 Å². The van der Waals surface area contributed by atoms with Crippen LogP contribution < -0.4 is 4.90 Å². The molecule has 1 amide bonds. The van der Waals surface area contributed by atoms with Gasteiger partial charge in [-0.2, -0.15) is 11.8 Å². The molecule has 2 aromatic rings. The lowest BCUT2D eigenvalue weighted by molar-refractivity contribution is 0.0761. The molecule has 152 valence electrons. The molecule has 2 fully saturated rings. The zero-order chi connectivity index (χ0) is 20.4. The van der Waals surface area contributed by atoms with Crippen molar-refractivity contribution < 1.29 is 19.1 Å². The molecular weight excluding hydrogens is 391 g/mol. The van der Waals surface area contributed by atoms with E-state index >= 15 is 0 Å². The van der Waals surface area contributed by atoms with Gasteiger partial charge in [0, 0.05) is 48.4 Å². The first kappa shape index (κ1) is 19.8. The van der Waals surface area contributed by atoms with Gasteiger partial charge in [-0.05, 0) is 42.7 Å². The normalized spacial score (nSPS) is 19.4. The van der Waals surface area contributed by atoms with Crippen LogP contribution >= 0.6 is 11.8 Å². The molecule has 0 aliphatic carbocycles. The van der Waals surface area contributed by atoms with Crippen molar-refractivity contribution in [2.75, 3.05) is 36.8 Å². The van der Waals surface area contributed by atoms with Crippen LogP contribution in [-0.4, -0.2) is 54.1 Å². The average Bonchev–Trinajstić information content (AvgIpc) is 3.30. The van der Waals surface area contributed by atoms with E-state index in [1.54, 1.807) is 16.7 Å². The minimum atomic E-state index is -0.960. The summed E-state index contributed by atoms with van der Waals surface area (Å²) in [4.78, 5) is 28.0. The Hall–Kier alpha value is -2.54. The van der Waals surface area contributed by atoms with E-state index in [1.165, 1.54) is 30.2 Å². The molecule has 1 N–H and O–H groups in total. The molecule has 0 unspecified atom stereocenters. The predicted octanol–water partition coefficient (Wildman–Crippen LogP) is 3.87. The molecule has 0 bridgehead atoms. The lowest BCUT2D eigenvalue weighted by Gasteiger charge is -2.33. The second-order valence-electron chi connectivity index (χ2n) is 7.41. The Kier molecular flexibility index (Phi) is 5.76. The molecular formula is C22H23FN2O3S. The first-order valence-corrected chi connectivity index (χ1v) is 10.8. The number of aromatic hydroxyl groups is 1. The zero-order valence-corrected chi connectivity index (χ0v) is 16.8. The Morgan fingerprint density at radius 3 is 2.55 bits per heavy atom. The van der Waals surface area contributed by atoms with Gasteiger partial charge in [-0.25, -0.2) is 4.39 Å². The largest absolute Gasteiger partial charge is 0.504 e. The Morgan fingerprint density at radius 1 is 1.14 bits per heavy atom. The number of aldehydes is 1. The first-order valence-electron chi connectivity index (χ1n) is 9.80. The lowest BCUT2D eigenvalue weighted by atomic mass is 10.1. The monoisotopic (exact) mass is 414 g/mol. The van der Waals surface area contributed by atoms with Crippen molar-refractivity contribution >= 4 is 29.6 Å². The van der Waals surface area contributed by atoms with Crippen LogP contribution in [0.5, 0.6) is 5.75 Å². The Bertz CT molecular complexity index is 913. The van der Waals surface area contributed by atoms with E-state index in [1.807, 2.05) is 0 Å². The van der Waals surface area contributed by atoms with Crippen molar-refractivity contribution in [2.24, 2.45) is 0 Å². The number of benzene rings is 2. The molecule has 2 heterocycles. The van der Waals surface area contributed by atoms with E-state index in [0.29, 0.717) is 19.4 Å². The number of nitrogens with zero attached hydrogens (tertiary/aromatic N) is 2. The Labute approximate surface area is 173 Å². The van der Waals surface area contributed by atoms with E-state index in [-0.39, 0.29) is 22.3 Å². The molecule has 0 radical (unpaired) electrons. The minimum Gasteiger partial charge on any atom is -0.504 e. The van der Waals surface area contributed by atoms with E-state index in [2.05, 4.69) is 29.2 Å². The second kappa shape index (κ2) is 8.45. The highest BCUT2D eigenvalue weighted by Crippen LogP contribution is 2.35. The van der Waals surface area contributed by atoms with E-state index in [4.69, 9.17) is 0 Å². The minimum absolute atomic E-state index is 0.0810. The van der Waals surface area contributed by atoms with Gasteiger partial charge in [0.2, 0.25) is 0 Å². The molecule has 0 saturated carbocycles. The summed E-state index contributed by atoms with van der Waals surface area (Å²) in [5.41, 5.74) is 2.27. The summed E-state index contributed by atoms with van der Waals surface area (Å²) < 4.78 is 13.9. The summed E-state index contributed by atoms with van der Waals surface area (Å²) in [6.45, 7) is 3.29. The number of hydrogen-bond acceptors (Lipinski definition) is 5. The third kappa shape index (κ3) is 4.10. The van der Waals surface area contributed by atoms with Crippen molar-refractivity contribution in [1.82, 2.24) is 4.90 Å². The highest BCUT2D eigenvalue weighted by Gasteiger charge is 2.27. The molecule has 7 heteroatoms. The van der Waals surface area contributed by atoms with Gasteiger partial charge in [-0.1, -0.05) is 12.1 Å². The number of amides is 1. The fourth-order valence-corrected chi connectivity index (χ4v) is 5.17. The number of thioether (sulfide) groups is 1. The lowest BCUT2D eigenvalue weighted by Crippen LogP contribution is -2.39. The van der Waals surface area contributed by atoms with E-state index in [0.717, 1.165) is 24.9 Å². The van der Waals surface area contributed by atoms with Gasteiger partial charge in [-0.3, -0.25) is 9.59 Å². The molecule has 1 atom stereocenters. The number of phenolic OH excluding ortho intramolecular Hbond substituents is 1. The van der Waals surface area contributed by atoms with Crippen LogP contribution in [0, 0.1) is 5.82 Å². The zero-order valence-electron chi connectivity index (χ0n) is 16.0. The number of phenols is 1. The highest BCUT2D eigenvalue weighted by molar-refractivity contribution is 7.99. The number of rotatable bonds is 4. The van der Waals surface area contributed by atoms with Crippen LogP contribution in [-0.2, 0) is 0 Å². The summed E-state index contributed by atoms with van der Waals surface area (Å²) in [6, 6.07) is 10.8. The number of anilines is 1. The van der Waals surface area contributed by atoms with Crippen LogP contribution in [0.4, 0.5) is 10.1 Å². The van der Waals surface area contributed by atoms with Gasteiger partial charge in [-0.15, -0.1) is 0 Å². The van der Waals surface area contributed by atoms with Gasteiger partial charge in [0.05, 0.1) is 5.56 Å². The number of carbonyl (C=O) groups excluding carboxylic acids is 2. The number of halogens is 1. The van der Waals surface area contributed by atoms with Crippen LogP contribution in [0.25, 0.3) is 0 Å². The maximum atomic E-state index is 13.9. The standard InChI is InChI=1S/C22H23FN2O3S/c23-19-12-16(11-17(14-26)21(19)27)22(28)25-9-10-29-20(13-25)15-3-5-18(6-4-15)24-7-1-2-8-24/h3-6,11-12,14,20,27H,1-2,7-10,13H2/t20-/m0/s1. The molecule has 29 heavy (non-hydrogen) atoms. The summed E-state index contributed by atoms with van der Waals surface area (Å²) in [7, 11) is 0. The van der Waals surface area contributed by atoms with Crippen molar-refractivity contribution in [3.63, 3.8) is 0 Å². The van der Waals surface area contributed by atoms with E-state index < -0.39 is 11.6 Å². The maximum Gasteiger partial charge on any atom is 0.254 e. The summed E-state index contributed by atoms with van der Waals surface area (Å²) in [5, 5.41) is 9.71. The number of carbonyl (C=O) groups is 2. The fraction of sp³-hybridized carbons (Fsp3) is 0.364. The van der Waals surface area contributed by atoms with E-state index in [9.17, 15) is 19.1 Å². The average molecular weight is 415 g/mol. The van der Waals surface area contributed by atoms with Crippen molar-refractivity contribution in [2.45, 2.75) is 18.1 Å². The summed E-state index contributed by atoms with van der Waals surface area (Å²) >= 11 is 1.81.